The summed E-state index contributed by atoms with van der Waals surface area (Å²) in [5.41, 5.74) is 4.77. The molecule has 0 aromatic carbocycles. The minimum atomic E-state index is -1.18. The fourth-order valence-electron chi connectivity index (χ4n) is 0.0781. The van der Waals surface area contributed by atoms with E-state index in [1.54, 1.807) is 0 Å². The van der Waals surface area contributed by atoms with Crippen LogP contribution >= 0.6 is 0 Å². The van der Waals surface area contributed by atoms with Crippen LogP contribution in [0.2, 0.25) is 0 Å². The molecule has 0 aromatic rings. The van der Waals surface area contributed by atoms with E-state index >= 15 is 0 Å². The van der Waals surface area contributed by atoms with Crippen molar-refractivity contribution < 1.29 is 15.0 Å². The first-order chi connectivity index (χ1) is 3.18. The zero-order valence-corrected chi connectivity index (χ0v) is 3.66. The molecule has 4 N–H and O–H groups in total. The van der Waals surface area contributed by atoms with Gasteiger partial charge in [-0.15, -0.1) is 0 Å². The first-order valence-electron chi connectivity index (χ1n) is 1.77. The van der Waals surface area contributed by atoms with Crippen molar-refractivity contribution in [2.75, 3.05) is 6.61 Å². The fourth-order valence-corrected chi connectivity index (χ4v) is 0.0781. The van der Waals surface area contributed by atoms with Gasteiger partial charge in [0.25, 0.3) is 0 Å². The van der Waals surface area contributed by atoms with Crippen molar-refractivity contribution in [2.24, 2.45) is 5.73 Å². The second-order valence-electron chi connectivity index (χ2n) is 1.13. The average Bonchev–Trinajstić information content (AvgIpc) is 1.65. The van der Waals surface area contributed by atoms with Gasteiger partial charge in [0.15, 0.2) is 0 Å². The predicted molar refractivity (Wildman–Crippen MR) is 22.7 cm³/mol. The summed E-state index contributed by atoms with van der Waals surface area (Å²) in [4.78, 5) is 9.65. The molecule has 0 heterocycles. The molecule has 1 atom stereocenters. The summed E-state index contributed by atoms with van der Waals surface area (Å²) >= 11 is 0. The lowest BCUT2D eigenvalue weighted by atomic mass is 10.5. The summed E-state index contributed by atoms with van der Waals surface area (Å²) in [6.45, 7) is -0.505. The van der Waals surface area contributed by atoms with Gasteiger partial charge in [-0.05, 0) is 0 Å². The Morgan fingerprint density at radius 1 is 1.86 bits per heavy atom. The number of carboxylic acids is 1. The van der Waals surface area contributed by atoms with E-state index in [9.17, 15) is 4.79 Å². The zero-order chi connectivity index (χ0) is 5.86. The van der Waals surface area contributed by atoms with Crippen LogP contribution in [0.4, 0.5) is 0 Å². The lowest BCUT2D eigenvalue weighted by molar-refractivity contribution is -0.139. The van der Waals surface area contributed by atoms with Crippen molar-refractivity contribution in [1.82, 2.24) is 0 Å². The molecule has 0 saturated carbocycles. The van der Waals surface area contributed by atoms with Crippen LogP contribution in [0.25, 0.3) is 0 Å². The Hall–Kier alpha value is -0.610. The normalized spacial score (nSPS) is 13.4. The molecule has 0 aromatic heterocycles. The first kappa shape index (κ1) is 6.39. The number of aliphatic carboxylic acids is 1. The molecule has 0 spiro atoms. The van der Waals surface area contributed by atoms with Gasteiger partial charge in [-0.25, -0.2) is 0 Å². The molecule has 0 radical (unpaired) electrons. The van der Waals surface area contributed by atoms with Crippen LogP contribution in [0.1, 0.15) is 0 Å². The van der Waals surface area contributed by atoms with Crippen molar-refractivity contribution in [3.8, 4) is 0 Å². The van der Waals surface area contributed by atoms with Gasteiger partial charge in [0.2, 0.25) is 0 Å². The lowest BCUT2D eigenvalue weighted by Crippen LogP contribution is -2.33. The molecule has 7 heavy (non-hydrogen) atoms. The van der Waals surface area contributed by atoms with Crippen LogP contribution in [0.5, 0.6) is 0 Å². The third-order valence-corrected chi connectivity index (χ3v) is 0.514. The molecule has 0 aliphatic heterocycles. The molecule has 0 rings (SSSR count). The van der Waals surface area contributed by atoms with Gasteiger partial charge >= 0.3 is 5.97 Å². The van der Waals surface area contributed by atoms with E-state index in [0.29, 0.717) is 0 Å². The monoisotopic (exact) mass is 106 g/mol. The average molecular weight is 106 g/mol. The summed E-state index contributed by atoms with van der Waals surface area (Å²) in [5.74, 6) is -1.18. The summed E-state index contributed by atoms with van der Waals surface area (Å²) in [6.07, 6.45) is 0. The third kappa shape index (κ3) is 2.13. The number of hydrogen-bond acceptors (Lipinski definition) is 3. The standard InChI is InChI=1S/C3H7NO3/c4-2(1-5)3(6)7/h2,5H,1,4H2,(H,6,7)/i1+1. The van der Waals surface area contributed by atoms with E-state index in [0.717, 1.165) is 0 Å². The highest BCUT2D eigenvalue weighted by atomic mass is 16.4. The van der Waals surface area contributed by atoms with Gasteiger partial charge in [0, 0.05) is 0 Å². The molecular weight excluding hydrogens is 99.0 g/mol. The number of carbonyl (C=O) groups is 1. The van der Waals surface area contributed by atoms with Crippen molar-refractivity contribution in [2.45, 2.75) is 6.04 Å². The van der Waals surface area contributed by atoms with Gasteiger partial charge in [-0.2, -0.15) is 0 Å². The second-order valence-corrected chi connectivity index (χ2v) is 1.13. The van der Waals surface area contributed by atoms with Gasteiger partial charge in [-0.1, -0.05) is 0 Å². The van der Waals surface area contributed by atoms with Crippen LogP contribution in [-0.2, 0) is 4.79 Å². The number of rotatable bonds is 2. The molecule has 4 heteroatoms. The highest BCUT2D eigenvalue weighted by Crippen LogP contribution is 1.71. The zero-order valence-electron chi connectivity index (χ0n) is 3.66. The van der Waals surface area contributed by atoms with Crippen LogP contribution < -0.4 is 5.73 Å². The molecule has 1 unspecified atom stereocenters. The summed E-state index contributed by atoms with van der Waals surface area (Å²) < 4.78 is 0. The van der Waals surface area contributed by atoms with Crippen molar-refractivity contribution >= 4 is 5.97 Å². The molecule has 0 amide bonds. The van der Waals surface area contributed by atoms with Crippen LogP contribution in [0, 0.1) is 0 Å². The Kier molecular flexibility index (Phi) is 2.32. The number of hydrogen-bond donors (Lipinski definition) is 3. The number of aliphatic hydroxyl groups is 1. The smallest absolute Gasteiger partial charge is 0.322 e. The molecule has 42 valence electrons. The maximum absolute atomic E-state index is 9.65. The van der Waals surface area contributed by atoms with E-state index in [4.69, 9.17) is 15.9 Å². The number of carboxylic acid groups (broad SMARTS) is 1. The van der Waals surface area contributed by atoms with Gasteiger partial charge < -0.3 is 15.9 Å². The Labute approximate surface area is 40.6 Å². The van der Waals surface area contributed by atoms with E-state index in [1.165, 1.54) is 0 Å². The maximum Gasteiger partial charge on any atom is 0.322 e. The molecule has 4 nitrogen and oxygen atoms in total. The molecular formula is C3H7NO3. The Morgan fingerprint density at radius 2 is 2.29 bits per heavy atom. The van der Waals surface area contributed by atoms with Crippen LogP contribution in [0.3, 0.4) is 0 Å². The fraction of sp³-hybridized carbons (Fsp3) is 0.667. The SMILES string of the molecule is NC([13CH2]O)C(=O)O. The van der Waals surface area contributed by atoms with Crippen molar-refractivity contribution in [3.63, 3.8) is 0 Å². The van der Waals surface area contributed by atoms with Crippen molar-refractivity contribution in [1.29, 1.82) is 0 Å². The lowest BCUT2D eigenvalue weighted by Gasteiger charge is -1.96. The Balaban J connectivity index is 3.34. The van der Waals surface area contributed by atoms with Crippen molar-refractivity contribution in [3.05, 3.63) is 0 Å². The molecule has 0 fully saturated rings. The van der Waals surface area contributed by atoms with Crippen LogP contribution in [0.15, 0.2) is 0 Å². The topological polar surface area (TPSA) is 83.5 Å². The molecule has 0 aliphatic rings. The number of nitrogens with two attached hydrogens (primary N) is 1. The largest absolute Gasteiger partial charge is 0.480 e. The minimum absolute atomic E-state index is 0.505. The highest BCUT2D eigenvalue weighted by Gasteiger charge is 2.06. The summed E-state index contributed by atoms with van der Waals surface area (Å²) in [6, 6.07) is -1.13. The summed E-state index contributed by atoms with van der Waals surface area (Å²) in [7, 11) is 0. The van der Waals surface area contributed by atoms with E-state index in [1.807, 2.05) is 0 Å². The highest BCUT2D eigenvalue weighted by molar-refractivity contribution is 5.73. The first-order valence-corrected chi connectivity index (χ1v) is 1.77. The molecule has 0 saturated heterocycles. The van der Waals surface area contributed by atoms with Gasteiger partial charge in [0.05, 0.1) is 6.61 Å². The van der Waals surface area contributed by atoms with E-state index in [2.05, 4.69) is 0 Å². The van der Waals surface area contributed by atoms with Crippen LogP contribution in [-0.4, -0.2) is 28.8 Å². The van der Waals surface area contributed by atoms with E-state index in [-0.39, 0.29) is 0 Å². The van der Waals surface area contributed by atoms with E-state index < -0.39 is 18.6 Å². The van der Waals surface area contributed by atoms with Gasteiger partial charge in [-0.3, -0.25) is 4.79 Å². The van der Waals surface area contributed by atoms with Gasteiger partial charge in [0.1, 0.15) is 6.04 Å². The quantitative estimate of drug-likeness (QED) is 0.370. The minimum Gasteiger partial charge on any atom is -0.480 e. The maximum atomic E-state index is 9.65. The molecule has 0 aliphatic carbocycles. The third-order valence-electron chi connectivity index (χ3n) is 0.514. The summed E-state index contributed by atoms with van der Waals surface area (Å²) in [5, 5.41) is 15.9. The number of aliphatic hydroxyl groups excluding tert-OH is 1. The predicted octanol–water partition coefficient (Wildman–Crippen LogP) is -1.61. The molecule has 0 bridgehead atoms. The Morgan fingerprint density at radius 3 is 2.29 bits per heavy atom. The Bertz CT molecular complexity index is 72.6. The second kappa shape index (κ2) is 2.54.